The van der Waals surface area contributed by atoms with E-state index in [1.54, 1.807) is 12.1 Å². The number of carbonyl (C=O) groups excluding carboxylic acids is 2. The third-order valence-electron chi connectivity index (χ3n) is 4.34. The molecule has 2 aromatic rings. The van der Waals surface area contributed by atoms with Gasteiger partial charge in [-0.2, -0.15) is 13.2 Å². The summed E-state index contributed by atoms with van der Waals surface area (Å²) in [7, 11) is 1.23. The largest absolute Gasteiger partial charge is 0.472 e. The van der Waals surface area contributed by atoms with E-state index < -0.39 is 23.8 Å². The van der Waals surface area contributed by atoms with Gasteiger partial charge in [0.05, 0.1) is 30.3 Å². The molecular formula is C19H17F3N2O4. The topological polar surface area (TPSA) is 68.7 Å². The summed E-state index contributed by atoms with van der Waals surface area (Å²) in [6.45, 7) is 0.518. The van der Waals surface area contributed by atoms with Gasteiger partial charge in [0.1, 0.15) is 6.10 Å². The number of hydrogen-bond donors (Lipinski definition) is 0. The van der Waals surface area contributed by atoms with Gasteiger partial charge >= 0.3 is 12.1 Å². The molecule has 148 valence electrons. The van der Waals surface area contributed by atoms with Crippen molar-refractivity contribution in [2.75, 3.05) is 20.2 Å². The van der Waals surface area contributed by atoms with Crippen molar-refractivity contribution < 1.29 is 32.2 Å². The van der Waals surface area contributed by atoms with E-state index in [1.807, 2.05) is 0 Å². The molecule has 1 aliphatic heterocycles. The van der Waals surface area contributed by atoms with E-state index in [9.17, 15) is 22.8 Å². The number of carbonyl (C=O) groups is 2. The number of ether oxygens (including phenoxy) is 2. The minimum atomic E-state index is -4.49. The lowest BCUT2D eigenvalue weighted by Gasteiger charge is -2.18. The summed E-state index contributed by atoms with van der Waals surface area (Å²) in [6.07, 6.45) is -3.52. The summed E-state index contributed by atoms with van der Waals surface area (Å²) in [6, 6.07) is 7.97. The molecule has 1 amide bonds. The molecule has 1 atom stereocenters. The maximum absolute atomic E-state index is 12.8. The molecule has 3 rings (SSSR count). The summed E-state index contributed by atoms with van der Waals surface area (Å²) >= 11 is 0. The molecule has 0 bridgehead atoms. The van der Waals surface area contributed by atoms with Crippen LogP contribution < -0.4 is 4.74 Å². The van der Waals surface area contributed by atoms with Gasteiger partial charge in [-0.15, -0.1) is 0 Å². The Kier molecular flexibility index (Phi) is 5.53. The molecule has 9 heteroatoms. The van der Waals surface area contributed by atoms with Crippen LogP contribution in [0.1, 0.15) is 32.7 Å². The molecule has 0 spiro atoms. The summed E-state index contributed by atoms with van der Waals surface area (Å²) in [5.74, 6) is -1.14. The smallest absolute Gasteiger partial charge is 0.416 e. The van der Waals surface area contributed by atoms with E-state index in [4.69, 9.17) is 9.47 Å². The van der Waals surface area contributed by atoms with Crippen LogP contribution in [0.15, 0.2) is 42.6 Å². The van der Waals surface area contributed by atoms with Gasteiger partial charge in [-0.1, -0.05) is 12.1 Å². The Morgan fingerprint density at radius 3 is 2.57 bits per heavy atom. The van der Waals surface area contributed by atoms with E-state index >= 15 is 0 Å². The molecule has 6 nitrogen and oxygen atoms in total. The number of esters is 1. The fraction of sp³-hybridized carbons (Fsp3) is 0.316. The zero-order valence-corrected chi connectivity index (χ0v) is 14.9. The Hall–Kier alpha value is -3.10. The summed E-state index contributed by atoms with van der Waals surface area (Å²) < 4.78 is 48.6. The minimum Gasteiger partial charge on any atom is -0.472 e. The SMILES string of the molecule is COC(=O)c1ccccc1C(=O)N1CCC(Oc2cc(C(F)(F)F)ccn2)C1. The van der Waals surface area contributed by atoms with Gasteiger partial charge in [-0.05, 0) is 18.2 Å². The van der Waals surface area contributed by atoms with Crippen LogP contribution in [-0.4, -0.2) is 48.1 Å². The van der Waals surface area contributed by atoms with Crippen molar-refractivity contribution in [1.29, 1.82) is 0 Å². The lowest BCUT2D eigenvalue weighted by atomic mass is 10.1. The first-order valence-corrected chi connectivity index (χ1v) is 8.46. The van der Waals surface area contributed by atoms with E-state index in [-0.39, 0.29) is 29.5 Å². The molecule has 2 heterocycles. The van der Waals surface area contributed by atoms with Gasteiger partial charge in [0, 0.05) is 25.2 Å². The second-order valence-corrected chi connectivity index (χ2v) is 6.20. The van der Waals surface area contributed by atoms with Gasteiger partial charge in [-0.25, -0.2) is 9.78 Å². The Balaban J connectivity index is 1.70. The molecule has 1 fully saturated rings. The van der Waals surface area contributed by atoms with Crippen molar-refractivity contribution in [2.24, 2.45) is 0 Å². The molecular weight excluding hydrogens is 377 g/mol. The van der Waals surface area contributed by atoms with Gasteiger partial charge in [0.15, 0.2) is 0 Å². The third kappa shape index (κ3) is 4.24. The quantitative estimate of drug-likeness (QED) is 0.745. The van der Waals surface area contributed by atoms with Gasteiger partial charge < -0.3 is 14.4 Å². The maximum atomic E-state index is 12.8. The number of pyridine rings is 1. The van der Waals surface area contributed by atoms with Crippen molar-refractivity contribution in [3.63, 3.8) is 0 Å². The predicted octanol–water partition coefficient (Wildman–Crippen LogP) is 3.18. The summed E-state index contributed by atoms with van der Waals surface area (Å²) in [4.78, 5) is 29.9. The number of alkyl halides is 3. The van der Waals surface area contributed by atoms with Crippen LogP contribution in [0.3, 0.4) is 0 Å². The van der Waals surface area contributed by atoms with Crippen LogP contribution in [0.25, 0.3) is 0 Å². The van der Waals surface area contributed by atoms with Crippen molar-refractivity contribution in [1.82, 2.24) is 9.88 Å². The standard InChI is InChI=1S/C19H17F3N2O4/c1-27-18(26)15-5-3-2-4-14(15)17(25)24-9-7-13(11-24)28-16-10-12(6-8-23-16)19(20,21)22/h2-6,8,10,13H,7,9,11H2,1H3. The Morgan fingerprint density at radius 2 is 1.89 bits per heavy atom. The first-order valence-electron chi connectivity index (χ1n) is 8.46. The highest BCUT2D eigenvalue weighted by atomic mass is 19.4. The average molecular weight is 394 g/mol. The lowest BCUT2D eigenvalue weighted by Crippen LogP contribution is -2.32. The van der Waals surface area contributed by atoms with Gasteiger partial charge in [0.2, 0.25) is 5.88 Å². The highest BCUT2D eigenvalue weighted by Gasteiger charge is 2.33. The number of methoxy groups -OCH3 is 1. The number of benzene rings is 1. The Labute approximate surface area is 158 Å². The van der Waals surface area contributed by atoms with E-state index in [1.165, 1.54) is 24.1 Å². The lowest BCUT2D eigenvalue weighted by molar-refractivity contribution is -0.137. The number of nitrogens with zero attached hydrogens (tertiary/aromatic N) is 2. The zero-order chi connectivity index (χ0) is 20.3. The zero-order valence-electron chi connectivity index (χ0n) is 14.9. The number of amides is 1. The fourth-order valence-corrected chi connectivity index (χ4v) is 2.96. The number of hydrogen-bond acceptors (Lipinski definition) is 5. The van der Waals surface area contributed by atoms with Crippen LogP contribution in [0.4, 0.5) is 13.2 Å². The Bertz CT molecular complexity index is 885. The number of aromatic nitrogens is 1. The monoisotopic (exact) mass is 394 g/mol. The second kappa shape index (κ2) is 7.87. The first kappa shape index (κ1) is 19.7. The van der Waals surface area contributed by atoms with E-state index in [2.05, 4.69) is 4.98 Å². The molecule has 1 aromatic heterocycles. The van der Waals surface area contributed by atoms with Gasteiger partial charge in [-0.3, -0.25) is 4.79 Å². The molecule has 1 unspecified atom stereocenters. The maximum Gasteiger partial charge on any atom is 0.416 e. The summed E-state index contributed by atoms with van der Waals surface area (Å²) in [5.41, 5.74) is -0.499. The average Bonchev–Trinajstić information content (AvgIpc) is 3.14. The number of halogens is 3. The molecule has 0 N–H and O–H groups in total. The van der Waals surface area contributed by atoms with Crippen LogP contribution in [0.2, 0.25) is 0 Å². The number of rotatable bonds is 4. The minimum absolute atomic E-state index is 0.149. The number of likely N-dealkylation sites (tertiary alicyclic amines) is 1. The first-order chi connectivity index (χ1) is 13.3. The van der Waals surface area contributed by atoms with E-state index in [0.717, 1.165) is 18.3 Å². The van der Waals surface area contributed by atoms with Crippen LogP contribution in [0, 0.1) is 0 Å². The Morgan fingerprint density at radius 1 is 1.18 bits per heavy atom. The molecule has 1 saturated heterocycles. The fourth-order valence-electron chi connectivity index (χ4n) is 2.96. The van der Waals surface area contributed by atoms with Crippen molar-refractivity contribution in [3.8, 4) is 5.88 Å². The highest BCUT2D eigenvalue weighted by molar-refractivity contribution is 6.05. The van der Waals surface area contributed by atoms with Crippen molar-refractivity contribution in [3.05, 3.63) is 59.3 Å². The molecule has 28 heavy (non-hydrogen) atoms. The second-order valence-electron chi connectivity index (χ2n) is 6.20. The summed E-state index contributed by atoms with van der Waals surface area (Å²) in [5, 5.41) is 0. The van der Waals surface area contributed by atoms with Gasteiger partial charge in [0.25, 0.3) is 5.91 Å². The third-order valence-corrected chi connectivity index (χ3v) is 4.34. The predicted molar refractivity (Wildman–Crippen MR) is 92.0 cm³/mol. The van der Waals surface area contributed by atoms with E-state index in [0.29, 0.717) is 13.0 Å². The van der Waals surface area contributed by atoms with Crippen LogP contribution >= 0.6 is 0 Å². The van der Waals surface area contributed by atoms with Crippen LogP contribution in [0.5, 0.6) is 5.88 Å². The molecule has 1 aromatic carbocycles. The molecule has 0 saturated carbocycles. The molecule has 0 aliphatic carbocycles. The van der Waals surface area contributed by atoms with Crippen molar-refractivity contribution >= 4 is 11.9 Å². The molecule has 1 aliphatic rings. The van der Waals surface area contributed by atoms with Crippen molar-refractivity contribution in [2.45, 2.75) is 18.7 Å². The highest BCUT2D eigenvalue weighted by Crippen LogP contribution is 2.31. The van der Waals surface area contributed by atoms with Crippen LogP contribution in [-0.2, 0) is 10.9 Å². The molecule has 0 radical (unpaired) electrons. The normalized spacial score (nSPS) is 16.7.